The molecule has 1 aliphatic heterocycles. The second kappa shape index (κ2) is 6.51. The minimum absolute atomic E-state index is 0.338. The van der Waals surface area contributed by atoms with Crippen molar-refractivity contribution in [2.75, 3.05) is 5.32 Å². The van der Waals surface area contributed by atoms with Crippen molar-refractivity contribution in [2.45, 2.75) is 13.0 Å². The number of nitrogens with zero attached hydrogens (tertiary/aromatic N) is 3. The molecule has 0 saturated carbocycles. The normalized spacial score (nSPS) is 16.0. The van der Waals surface area contributed by atoms with Gasteiger partial charge in [-0.25, -0.2) is 9.07 Å². The topological polar surface area (TPSA) is 85.8 Å². The molecule has 0 unspecified atom stereocenters. The van der Waals surface area contributed by atoms with Crippen LogP contribution in [-0.4, -0.2) is 20.7 Å². The molecule has 0 bridgehead atoms. The Hall–Kier alpha value is -3.19. The van der Waals surface area contributed by atoms with Gasteiger partial charge in [0, 0.05) is 11.3 Å². The maximum Gasteiger partial charge on any atom is 0.248 e. The Bertz CT molecular complexity index is 1070. The van der Waals surface area contributed by atoms with Crippen LogP contribution in [0.4, 0.5) is 10.3 Å². The number of allylic oxidation sites excluding steroid dienone is 1. The van der Waals surface area contributed by atoms with Crippen LogP contribution in [0, 0.1) is 5.82 Å². The summed E-state index contributed by atoms with van der Waals surface area (Å²) in [5.74, 6) is -0.102. The maximum absolute atomic E-state index is 13.4. The number of hydrogen-bond donors (Lipinski definition) is 2. The van der Waals surface area contributed by atoms with E-state index in [0.717, 1.165) is 0 Å². The summed E-state index contributed by atoms with van der Waals surface area (Å²) < 4.78 is 15.0. The van der Waals surface area contributed by atoms with E-state index in [1.165, 1.54) is 12.1 Å². The second-order valence-electron chi connectivity index (χ2n) is 6.17. The summed E-state index contributed by atoms with van der Waals surface area (Å²) in [7, 11) is 0. The lowest BCUT2D eigenvalue weighted by Gasteiger charge is -2.27. The van der Waals surface area contributed by atoms with Crippen LogP contribution in [0.1, 0.15) is 18.5 Å². The highest BCUT2D eigenvalue weighted by Crippen LogP contribution is 2.36. The van der Waals surface area contributed by atoms with Gasteiger partial charge in [0.25, 0.3) is 0 Å². The van der Waals surface area contributed by atoms with E-state index < -0.39 is 11.9 Å². The summed E-state index contributed by atoms with van der Waals surface area (Å²) in [6, 6.07) is 12.5. The number of nitrogens with one attached hydrogen (secondary N) is 1. The summed E-state index contributed by atoms with van der Waals surface area (Å²) in [5, 5.41) is 8.13. The quantitative estimate of drug-likeness (QED) is 0.724. The van der Waals surface area contributed by atoms with Gasteiger partial charge in [0.2, 0.25) is 11.9 Å². The molecule has 0 radical (unpaired) electrons. The molecule has 0 saturated heterocycles. The fourth-order valence-electron chi connectivity index (χ4n) is 3.18. The predicted octanol–water partition coefficient (Wildman–Crippen LogP) is 3.51. The van der Waals surface area contributed by atoms with E-state index in [1.807, 2.05) is 18.2 Å². The maximum atomic E-state index is 13.4. The van der Waals surface area contributed by atoms with E-state index in [9.17, 15) is 9.18 Å². The van der Waals surface area contributed by atoms with Gasteiger partial charge in [-0.15, -0.1) is 5.10 Å². The zero-order valence-corrected chi connectivity index (χ0v) is 15.0. The molecule has 2 aromatic carbocycles. The summed E-state index contributed by atoms with van der Waals surface area (Å²) in [6.07, 6.45) is 0. The molecule has 136 valence electrons. The molecule has 3 N–H and O–H groups in total. The smallest absolute Gasteiger partial charge is 0.248 e. The molecule has 8 heteroatoms. The SMILES string of the molecule is CC1=C(C(N)=O)[C@@H](c2ccc(F)cc2)n2nc(-c3ccccc3Cl)nc2N1. The minimum Gasteiger partial charge on any atom is -0.366 e. The molecule has 1 amide bonds. The first-order valence-corrected chi connectivity index (χ1v) is 8.58. The number of hydrogen-bond acceptors (Lipinski definition) is 4. The lowest BCUT2D eigenvalue weighted by Crippen LogP contribution is -2.31. The summed E-state index contributed by atoms with van der Waals surface area (Å²) in [4.78, 5) is 16.6. The third-order valence-electron chi connectivity index (χ3n) is 4.42. The minimum atomic E-state index is -0.622. The number of primary amides is 1. The fourth-order valence-corrected chi connectivity index (χ4v) is 3.40. The standard InChI is InChI=1S/C19H15ClFN5O/c1-10-15(17(22)27)16(11-6-8-12(21)9-7-11)26-19(23-10)24-18(25-26)13-4-2-3-5-14(13)20/h2-9,16H,1H3,(H2,22,27)(H,23,24,25)/t16-/m1/s1. The molecule has 27 heavy (non-hydrogen) atoms. The molecule has 4 rings (SSSR count). The molecule has 1 aromatic heterocycles. The van der Waals surface area contributed by atoms with Crippen LogP contribution in [0.25, 0.3) is 11.4 Å². The molecule has 0 aliphatic carbocycles. The van der Waals surface area contributed by atoms with Crippen molar-refractivity contribution in [3.63, 3.8) is 0 Å². The highest BCUT2D eigenvalue weighted by molar-refractivity contribution is 6.33. The van der Waals surface area contributed by atoms with Crippen molar-refractivity contribution >= 4 is 23.5 Å². The third-order valence-corrected chi connectivity index (χ3v) is 4.75. The molecule has 1 aliphatic rings. The van der Waals surface area contributed by atoms with Crippen LogP contribution < -0.4 is 11.1 Å². The van der Waals surface area contributed by atoms with Crippen molar-refractivity contribution in [2.24, 2.45) is 5.73 Å². The number of carbonyl (C=O) groups excluding carboxylic acids is 1. The molecule has 6 nitrogen and oxygen atoms in total. The van der Waals surface area contributed by atoms with E-state index in [2.05, 4.69) is 15.4 Å². The molecule has 0 fully saturated rings. The highest BCUT2D eigenvalue weighted by Gasteiger charge is 2.33. The van der Waals surface area contributed by atoms with E-state index >= 15 is 0 Å². The summed E-state index contributed by atoms with van der Waals surface area (Å²) in [6.45, 7) is 1.74. The van der Waals surface area contributed by atoms with Crippen molar-refractivity contribution in [1.29, 1.82) is 0 Å². The summed E-state index contributed by atoms with van der Waals surface area (Å²) >= 11 is 6.27. The average Bonchev–Trinajstić information content (AvgIpc) is 3.04. The molecule has 1 atom stereocenters. The van der Waals surface area contributed by atoms with Crippen molar-refractivity contribution in [3.8, 4) is 11.4 Å². The lowest BCUT2D eigenvalue weighted by molar-refractivity contribution is -0.115. The van der Waals surface area contributed by atoms with Gasteiger partial charge in [0.05, 0.1) is 10.6 Å². The second-order valence-corrected chi connectivity index (χ2v) is 6.57. The van der Waals surface area contributed by atoms with E-state index in [-0.39, 0.29) is 5.82 Å². The van der Waals surface area contributed by atoms with Gasteiger partial charge in [-0.1, -0.05) is 35.9 Å². The first-order valence-electron chi connectivity index (χ1n) is 8.20. The number of nitrogens with two attached hydrogens (primary N) is 1. The molecular formula is C19H15ClFN5O. The lowest BCUT2D eigenvalue weighted by atomic mass is 9.95. The van der Waals surface area contributed by atoms with Crippen molar-refractivity contribution in [3.05, 3.63) is 76.2 Å². The van der Waals surface area contributed by atoms with Crippen LogP contribution in [0.15, 0.2) is 59.8 Å². The number of fused-ring (bicyclic) bond motifs is 1. The van der Waals surface area contributed by atoms with Gasteiger partial charge in [-0.05, 0) is 36.8 Å². The Morgan fingerprint density at radius 3 is 2.59 bits per heavy atom. The number of anilines is 1. The van der Waals surface area contributed by atoms with E-state index in [0.29, 0.717) is 39.2 Å². The van der Waals surface area contributed by atoms with Gasteiger partial charge in [0.15, 0.2) is 5.82 Å². The van der Waals surface area contributed by atoms with Crippen LogP contribution in [0.5, 0.6) is 0 Å². The average molecular weight is 384 g/mol. The Morgan fingerprint density at radius 2 is 1.93 bits per heavy atom. The van der Waals surface area contributed by atoms with Gasteiger partial charge < -0.3 is 11.1 Å². The molecular weight excluding hydrogens is 369 g/mol. The zero-order chi connectivity index (χ0) is 19.1. The number of amides is 1. The van der Waals surface area contributed by atoms with E-state index in [4.69, 9.17) is 17.3 Å². The Labute approximate surface area is 159 Å². The zero-order valence-electron chi connectivity index (χ0n) is 14.3. The monoisotopic (exact) mass is 383 g/mol. The molecule has 3 aromatic rings. The van der Waals surface area contributed by atoms with Gasteiger partial charge in [-0.2, -0.15) is 4.98 Å². The van der Waals surface area contributed by atoms with Crippen LogP contribution in [0.3, 0.4) is 0 Å². The third kappa shape index (κ3) is 2.96. The molecule has 0 spiro atoms. The van der Waals surface area contributed by atoms with Crippen molar-refractivity contribution < 1.29 is 9.18 Å². The van der Waals surface area contributed by atoms with Crippen LogP contribution in [0.2, 0.25) is 5.02 Å². The van der Waals surface area contributed by atoms with Crippen LogP contribution >= 0.6 is 11.6 Å². The number of rotatable bonds is 3. The number of halogens is 2. The largest absolute Gasteiger partial charge is 0.366 e. The van der Waals surface area contributed by atoms with Crippen molar-refractivity contribution in [1.82, 2.24) is 14.8 Å². The van der Waals surface area contributed by atoms with Gasteiger partial charge >= 0.3 is 0 Å². The van der Waals surface area contributed by atoms with Gasteiger partial charge in [-0.3, -0.25) is 4.79 Å². The Kier molecular flexibility index (Phi) is 4.16. The number of carbonyl (C=O) groups is 1. The number of aromatic nitrogens is 3. The highest BCUT2D eigenvalue weighted by atomic mass is 35.5. The Balaban J connectivity index is 1.90. The molecule has 2 heterocycles. The fraction of sp³-hybridized carbons (Fsp3) is 0.105. The van der Waals surface area contributed by atoms with Gasteiger partial charge in [0.1, 0.15) is 11.9 Å². The first-order chi connectivity index (χ1) is 13.0. The summed E-state index contributed by atoms with van der Waals surface area (Å²) in [5.41, 5.74) is 7.87. The van der Waals surface area contributed by atoms with Crippen LogP contribution in [-0.2, 0) is 4.79 Å². The first kappa shape index (κ1) is 17.2. The Morgan fingerprint density at radius 1 is 1.22 bits per heavy atom. The predicted molar refractivity (Wildman–Crippen MR) is 101 cm³/mol. The van der Waals surface area contributed by atoms with E-state index in [1.54, 1.807) is 29.8 Å². The number of benzene rings is 2.